The second-order valence-electron chi connectivity index (χ2n) is 6.52. The van der Waals surface area contributed by atoms with Gasteiger partial charge in [-0.3, -0.25) is 4.79 Å². The third-order valence-corrected chi connectivity index (χ3v) is 3.81. The Morgan fingerprint density at radius 1 is 1.39 bits per heavy atom. The fourth-order valence-corrected chi connectivity index (χ4v) is 2.79. The van der Waals surface area contributed by atoms with Crippen LogP contribution in [0, 0.1) is 5.92 Å². The first-order chi connectivity index (χ1) is 11.0. The molecule has 0 saturated carbocycles. The maximum atomic E-state index is 12.3. The molecule has 2 aromatic rings. The van der Waals surface area contributed by atoms with Gasteiger partial charge in [-0.05, 0) is 43.0 Å². The van der Waals surface area contributed by atoms with Gasteiger partial charge in [-0.2, -0.15) is 0 Å². The summed E-state index contributed by atoms with van der Waals surface area (Å²) in [6.45, 7) is 6.63. The maximum absolute atomic E-state index is 12.3. The van der Waals surface area contributed by atoms with Crippen LogP contribution in [0.1, 0.15) is 48.1 Å². The number of amides is 1. The molecule has 1 aliphatic rings. The number of carbonyl (C=O) groups is 1. The molecule has 0 bridgehead atoms. The summed E-state index contributed by atoms with van der Waals surface area (Å²) in [6, 6.07) is 7.46. The number of carbonyl (C=O) groups excluding carboxylic acids is 1. The van der Waals surface area contributed by atoms with Crippen LogP contribution in [-0.2, 0) is 19.4 Å². The van der Waals surface area contributed by atoms with Crippen molar-refractivity contribution < 1.29 is 14.1 Å². The molecular weight excluding hydrogens is 292 g/mol. The van der Waals surface area contributed by atoms with Gasteiger partial charge in [-0.25, -0.2) is 0 Å². The van der Waals surface area contributed by atoms with E-state index in [0.29, 0.717) is 23.8 Å². The van der Waals surface area contributed by atoms with Gasteiger partial charge in [0.2, 0.25) is 0 Å². The van der Waals surface area contributed by atoms with Crippen molar-refractivity contribution in [2.24, 2.45) is 5.92 Å². The highest BCUT2D eigenvalue weighted by Crippen LogP contribution is 2.29. The van der Waals surface area contributed by atoms with Crippen molar-refractivity contribution in [3.63, 3.8) is 0 Å². The van der Waals surface area contributed by atoms with Gasteiger partial charge < -0.3 is 14.6 Å². The van der Waals surface area contributed by atoms with Crippen molar-refractivity contribution in [3.05, 3.63) is 46.8 Å². The van der Waals surface area contributed by atoms with Crippen molar-refractivity contribution in [1.29, 1.82) is 0 Å². The predicted octanol–water partition coefficient (Wildman–Crippen LogP) is 3.13. The van der Waals surface area contributed by atoms with Crippen molar-refractivity contribution >= 4 is 5.91 Å². The second kappa shape index (κ2) is 6.44. The van der Waals surface area contributed by atoms with Crippen LogP contribution in [-0.4, -0.2) is 17.2 Å². The normalized spacial score (nSPS) is 16.3. The van der Waals surface area contributed by atoms with E-state index in [1.54, 1.807) is 6.07 Å². The summed E-state index contributed by atoms with van der Waals surface area (Å²) in [6.07, 6.45) is 1.90. The van der Waals surface area contributed by atoms with Crippen molar-refractivity contribution in [2.75, 3.05) is 0 Å². The van der Waals surface area contributed by atoms with Gasteiger partial charge >= 0.3 is 0 Å². The van der Waals surface area contributed by atoms with Crippen molar-refractivity contribution in [3.8, 4) is 5.75 Å². The highest BCUT2D eigenvalue weighted by atomic mass is 16.5. The summed E-state index contributed by atoms with van der Waals surface area (Å²) in [5.41, 5.74) is 2.65. The maximum Gasteiger partial charge on any atom is 0.251 e. The Morgan fingerprint density at radius 3 is 3.00 bits per heavy atom. The molecule has 3 rings (SSSR count). The van der Waals surface area contributed by atoms with E-state index in [9.17, 15) is 4.79 Å². The minimum absolute atomic E-state index is 0.117. The topological polar surface area (TPSA) is 64.4 Å². The molecule has 0 radical (unpaired) electrons. The molecule has 5 nitrogen and oxygen atoms in total. The molecule has 5 heteroatoms. The Balaban J connectivity index is 1.59. The monoisotopic (exact) mass is 314 g/mol. The van der Waals surface area contributed by atoms with E-state index in [0.717, 1.165) is 29.8 Å². The number of rotatable bonds is 5. The van der Waals surface area contributed by atoms with Crippen LogP contribution in [0.25, 0.3) is 0 Å². The predicted molar refractivity (Wildman–Crippen MR) is 86.5 cm³/mol. The minimum atomic E-state index is -0.117. The summed E-state index contributed by atoms with van der Waals surface area (Å²) >= 11 is 0. The molecule has 2 heterocycles. The van der Waals surface area contributed by atoms with Crippen LogP contribution in [0.15, 0.2) is 28.8 Å². The SMILES string of the molecule is CC(C)Cc1cc(CNC(=O)c2ccc3c(c2)C[C@@H](C)O3)on1. The van der Waals surface area contributed by atoms with E-state index in [1.807, 2.05) is 25.1 Å². The lowest BCUT2D eigenvalue weighted by Gasteiger charge is -2.05. The molecule has 0 aliphatic carbocycles. The summed E-state index contributed by atoms with van der Waals surface area (Å²) in [5, 5.41) is 6.89. The molecule has 0 spiro atoms. The lowest BCUT2D eigenvalue weighted by molar-refractivity contribution is 0.0947. The number of ether oxygens (including phenoxy) is 1. The van der Waals surface area contributed by atoms with Crippen LogP contribution in [0.4, 0.5) is 0 Å². The molecule has 122 valence electrons. The molecule has 0 saturated heterocycles. The quantitative estimate of drug-likeness (QED) is 0.921. The molecule has 23 heavy (non-hydrogen) atoms. The number of nitrogens with one attached hydrogen (secondary N) is 1. The van der Waals surface area contributed by atoms with Gasteiger partial charge in [-0.1, -0.05) is 19.0 Å². The summed E-state index contributed by atoms with van der Waals surface area (Å²) in [7, 11) is 0. The van der Waals surface area contributed by atoms with Crippen LogP contribution in [0.5, 0.6) is 5.75 Å². The largest absolute Gasteiger partial charge is 0.490 e. The average Bonchev–Trinajstić information content (AvgIpc) is 3.08. The van der Waals surface area contributed by atoms with Crippen LogP contribution in [0.2, 0.25) is 0 Å². The van der Waals surface area contributed by atoms with E-state index in [4.69, 9.17) is 9.26 Å². The Morgan fingerprint density at radius 2 is 2.22 bits per heavy atom. The van der Waals surface area contributed by atoms with Crippen LogP contribution < -0.4 is 10.1 Å². The fourth-order valence-electron chi connectivity index (χ4n) is 2.79. The number of aromatic nitrogens is 1. The summed E-state index contributed by atoms with van der Waals surface area (Å²) in [5.74, 6) is 1.96. The smallest absolute Gasteiger partial charge is 0.251 e. The zero-order chi connectivity index (χ0) is 16.4. The van der Waals surface area contributed by atoms with Crippen LogP contribution >= 0.6 is 0 Å². The van der Waals surface area contributed by atoms with Gasteiger partial charge in [0.1, 0.15) is 11.9 Å². The fraction of sp³-hybridized carbons (Fsp3) is 0.444. The lowest BCUT2D eigenvalue weighted by Crippen LogP contribution is -2.22. The molecule has 0 fully saturated rings. The summed E-state index contributed by atoms with van der Waals surface area (Å²) < 4.78 is 10.9. The number of fused-ring (bicyclic) bond motifs is 1. The van der Waals surface area contributed by atoms with E-state index in [2.05, 4.69) is 24.3 Å². The molecule has 1 aromatic heterocycles. The Bertz CT molecular complexity index is 706. The Kier molecular flexibility index (Phi) is 4.37. The van der Waals surface area contributed by atoms with Gasteiger partial charge in [-0.15, -0.1) is 0 Å². The molecule has 1 N–H and O–H groups in total. The third-order valence-electron chi connectivity index (χ3n) is 3.81. The first-order valence-corrected chi connectivity index (χ1v) is 8.03. The van der Waals surface area contributed by atoms with Gasteiger partial charge in [0.25, 0.3) is 5.91 Å². The van der Waals surface area contributed by atoms with E-state index in [-0.39, 0.29) is 12.0 Å². The molecule has 1 atom stereocenters. The zero-order valence-corrected chi connectivity index (χ0v) is 13.8. The van der Waals surface area contributed by atoms with E-state index >= 15 is 0 Å². The Labute approximate surface area is 136 Å². The highest BCUT2D eigenvalue weighted by molar-refractivity contribution is 5.94. The number of hydrogen-bond acceptors (Lipinski definition) is 4. The number of benzene rings is 1. The van der Waals surface area contributed by atoms with Crippen molar-refractivity contribution in [1.82, 2.24) is 10.5 Å². The molecule has 1 aliphatic heterocycles. The van der Waals surface area contributed by atoms with Crippen molar-refractivity contribution in [2.45, 2.75) is 46.3 Å². The van der Waals surface area contributed by atoms with Gasteiger partial charge in [0.05, 0.1) is 12.2 Å². The Hall–Kier alpha value is -2.30. The standard InChI is InChI=1S/C18H22N2O3/c1-11(2)6-15-9-16(23-20-15)10-19-18(21)13-4-5-17-14(8-13)7-12(3)22-17/h4-5,8-9,11-12H,6-7,10H2,1-3H3,(H,19,21)/t12-/m1/s1. The molecule has 1 amide bonds. The van der Waals surface area contributed by atoms with Gasteiger partial charge in [0, 0.05) is 18.1 Å². The average molecular weight is 314 g/mol. The van der Waals surface area contributed by atoms with Gasteiger partial charge in [0.15, 0.2) is 5.76 Å². The molecular formula is C18H22N2O3. The first kappa shape index (κ1) is 15.6. The summed E-state index contributed by atoms with van der Waals surface area (Å²) in [4.78, 5) is 12.3. The zero-order valence-electron chi connectivity index (χ0n) is 13.8. The first-order valence-electron chi connectivity index (χ1n) is 8.03. The lowest BCUT2D eigenvalue weighted by atomic mass is 10.1. The molecule has 1 aromatic carbocycles. The number of nitrogens with zero attached hydrogens (tertiary/aromatic N) is 1. The van der Waals surface area contributed by atoms with E-state index < -0.39 is 0 Å². The molecule has 0 unspecified atom stereocenters. The van der Waals surface area contributed by atoms with E-state index in [1.165, 1.54) is 0 Å². The number of hydrogen-bond donors (Lipinski definition) is 1. The minimum Gasteiger partial charge on any atom is -0.490 e. The second-order valence-corrected chi connectivity index (χ2v) is 6.52. The van der Waals surface area contributed by atoms with Crippen LogP contribution in [0.3, 0.4) is 0 Å². The highest BCUT2D eigenvalue weighted by Gasteiger charge is 2.20. The third kappa shape index (κ3) is 3.73.